The van der Waals surface area contributed by atoms with Crippen LogP contribution in [0.2, 0.25) is 0 Å². The minimum Gasteiger partial charge on any atom is -0.312 e. The molecule has 0 saturated carbocycles. The molecule has 4 rings (SSSR count). The molecule has 3 aromatic rings. The largest absolute Gasteiger partial charge is 0.312 e. The molecule has 1 amide bonds. The molecule has 0 saturated heterocycles. The highest BCUT2D eigenvalue weighted by atomic mass is 32.2. The minimum absolute atomic E-state index is 0.148. The topological polar surface area (TPSA) is 63.2 Å². The lowest BCUT2D eigenvalue weighted by Gasteiger charge is -2.13. The molecule has 1 N–H and O–H groups in total. The third kappa shape index (κ3) is 3.47. The van der Waals surface area contributed by atoms with Crippen molar-refractivity contribution >= 4 is 32.1 Å². The number of halogens is 1. The van der Waals surface area contributed by atoms with E-state index in [1.54, 1.807) is 30.3 Å². The van der Waals surface area contributed by atoms with Gasteiger partial charge in [0, 0.05) is 10.4 Å². The highest BCUT2D eigenvalue weighted by Gasteiger charge is 2.31. The maximum Gasteiger partial charge on any atom is 0.256 e. The van der Waals surface area contributed by atoms with Gasteiger partial charge in [0.2, 0.25) is 9.84 Å². The van der Waals surface area contributed by atoms with E-state index in [-0.39, 0.29) is 15.4 Å². The van der Waals surface area contributed by atoms with Gasteiger partial charge in [0.05, 0.1) is 4.90 Å². The first kappa shape index (κ1) is 18.8. The van der Waals surface area contributed by atoms with Gasteiger partial charge in [-0.05, 0) is 61.6 Å². The van der Waals surface area contributed by atoms with Crippen LogP contribution >= 0.6 is 11.3 Å². The quantitative estimate of drug-likeness (QED) is 0.662. The molecule has 0 bridgehead atoms. The average Bonchev–Trinajstić information content (AvgIpc) is 3.07. The van der Waals surface area contributed by atoms with Crippen molar-refractivity contribution in [2.45, 2.75) is 35.5 Å². The Kier molecular flexibility index (Phi) is 5.03. The second-order valence-electron chi connectivity index (χ2n) is 6.65. The summed E-state index contributed by atoms with van der Waals surface area (Å²) in [5, 5.41) is 3.03. The number of fused-ring (bicyclic) bond motifs is 1. The van der Waals surface area contributed by atoms with Gasteiger partial charge in [0.15, 0.2) is 0 Å². The zero-order valence-corrected chi connectivity index (χ0v) is 16.6. The summed E-state index contributed by atoms with van der Waals surface area (Å²) in [6, 6.07) is 13.6. The van der Waals surface area contributed by atoms with E-state index < -0.39 is 21.6 Å². The number of sulfone groups is 1. The van der Waals surface area contributed by atoms with Crippen LogP contribution in [0.3, 0.4) is 0 Å². The fraction of sp³-hybridized carbons (Fsp3) is 0.190. The second kappa shape index (κ2) is 7.48. The molecular formula is C21H18FNO3S2. The van der Waals surface area contributed by atoms with E-state index >= 15 is 0 Å². The predicted octanol–water partition coefficient (Wildman–Crippen LogP) is 4.85. The van der Waals surface area contributed by atoms with Crippen molar-refractivity contribution < 1.29 is 17.6 Å². The van der Waals surface area contributed by atoms with E-state index in [0.29, 0.717) is 11.4 Å². The molecule has 1 heterocycles. The van der Waals surface area contributed by atoms with E-state index in [1.165, 1.54) is 29.5 Å². The smallest absolute Gasteiger partial charge is 0.256 e. The summed E-state index contributed by atoms with van der Waals surface area (Å²) < 4.78 is 40.2. The van der Waals surface area contributed by atoms with Crippen molar-refractivity contribution in [3.05, 3.63) is 76.4 Å². The highest BCUT2D eigenvalue weighted by molar-refractivity contribution is 7.92. The lowest BCUT2D eigenvalue weighted by molar-refractivity contribution is 0.102. The summed E-state index contributed by atoms with van der Waals surface area (Å²) in [6.45, 7) is 0. The van der Waals surface area contributed by atoms with E-state index in [1.807, 2.05) is 0 Å². The number of amides is 1. The van der Waals surface area contributed by atoms with E-state index in [4.69, 9.17) is 0 Å². The maximum absolute atomic E-state index is 13.5. The van der Waals surface area contributed by atoms with E-state index in [9.17, 15) is 17.6 Å². The van der Waals surface area contributed by atoms with Gasteiger partial charge in [-0.15, -0.1) is 11.3 Å². The fourth-order valence-corrected chi connectivity index (χ4v) is 6.72. The normalized spacial score (nSPS) is 13.8. The van der Waals surface area contributed by atoms with Crippen LogP contribution in [0, 0.1) is 5.82 Å². The third-order valence-electron chi connectivity index (χ3n) is 4.76. The van der Waals surface area contributed by atoms with Crippen LogP contribution in [0.1, 0.15) is 33.6 Å². The van der Waals surface area contributed by atoms with Crippen molar-refractivity contribution in [3.63, 3.8) is 0 Å². The summed E-state index contributed by atoms with van der Waals surface area (Å²) in [5.41, 5.74) is 0.948. The van der Waals surface area contributed by atoms with Gasteiger partial charge in [0.25, 0.3) is 5.91 Å². The van der Waals surface area contributed by atoms with Crippen molar-refractivity contribution in [3.8, 4) is 0 Å². The Morgan fingerprint density at radius 2 is 1.75 bits per heavy atom. The van der Waals surface area contributed by atoms with Gasteiger partial charge in [-0.3, -0.25) is 4.79 Å². The number of rotatable bonds is 4. The number of anilines is 1. The molecule has 0 radical (unpaired) electrons. The predicted molar refractivity (Wildman–Crippen MR) is 107 cm³/mol. The van der Waals surface area contributed by atoms with Gasteiger partial charge in [0.1, 0.15) is 15.7 Å². The molecular weight excluding hydrogens is 397 g/mol. The van der Waals surface area contributed by atoms with Crippen LogP contribution in [0.15, 0.2) is 64.4 Å². The SMILES string of the molecule is O=C(Nc1sc2c(c1S(=O)(=O)c1ccccc1)CCCC2)c1cccc(F)c1. The van der Waals surface area contributed by atoms with Crippen LogP contribution in [0.25, 0.3) is 0 Å². The third-order valence-corrected chi connectivity index (χ3v) is 7.98. The Hall–Kier alpha value is -2.51. The number of carbonyl (C=O) groups excluding carboxylic acids is 1. The Morgan fingerprint density at radius 3 is 2.50 bits per heavy atom. The second-order valence-corrected chi connectivity index (χ2v) is 9.64. The van der Waals surface area contributed by atoms with Gasteiger partial charge in [-0.25, -0.2) is 12.8 Å². The van der Waals surface area contributed by atoms with Crippen LogP contribution in [-0.4, -0.2) is 14.3 Å². The molecule has 0 unspecified atom stereocenters. The average molecular weight is 416 g/mol. The molecule has 144 valence electrons. The molecule has 0 aliphatic heterocycles. The Morgan fingerprint density at radius 1 is 1.00 bits per heavy atom. The first-order valence-corrected chi connectivity index (χ1v) is 11.3. The lowest BCUT2D eigenvalue weighted by Crippen LogP contribution is -2.14. The minimum atomic E-state index is -3.78. The number of benzene rings is 2. The number of hydrogen-bond donors (Lipinski definition) is 1. The number of thiophene rings is 1. The highest BCUT2D eigenvalue weighted by Crippen LogP contribution is 2.43. The number of carbonyl (C=O) groups is 1. The van der Waals surface area contributed by atoms with Crippen LogP contribution in [0.5, 0.6) is 0 Å². The van der Waals surface area contributed by atoms with Crippen molar-refractivity contribution in [2.24, 2.45) is 0 Å². The zero-order chi connectivity index (χ0) is 19.7. The van der Waals surface area contributed by atoms with Crippen LogP contribution < -0.4 is 5.32 Å². The molecule has 1 aliphatic carbocycles. The maximum atomic E-state index is 13.5. The molecule has 0 atom stereocenters. The molecule has 0 fully saturated rings. The van der Waals surface area contributed by atoms with E-state index in [2.05, 4.69) is 5.32 Å². The molecule has 28 heavy (non-hydrogen) atoms. The van der Waals surface area contributed by atoms with E-state index in [0.717, 1.165) is 35.8 Å². The van der Waals surface area contributed by atoms with Crippen LogP contribution in [0.4, 0.5) is 9.39 Å². The number of hydrogen-bond acceptors (Lipinski definition) is 4. The van der Waals surface area contributed by atoms with Gasteiger partial charge >= 0.3 is 0 Å². The summed E-state index contributed by atoms with van der Waals surface area (Å²) in [5.74, 6) is -1.04. The summed E-state index contributed by atoms with van der Waals surface area (Å²) >= 11 is 1.31. The zero-order valence-electron chi connectivity index (χ0n) is 14.9. The Bertz CT molecular complexity index is 1140. The molecule has 1 aliphatic rings. The number of nitrogens with one attached hydrogen (secondary N) is 1. The molecule has 4 nitrogen and oxygen atoms in total. The van der Waals surface area contributed by atoms with Gasteiger partial charge in [-0.2, -0.15) is 0 Å². The Labute approximate surface area is 167 Å². The standard InChI is InChI=1S/C21H18FNO3S2/c22-15-8-6-7-14(13-15)20(24)23-21-19(17-11-4-5-12-18(17)27-21)28(25,26)16-9-2-1-3-10-16/h1-3,6-10,13H,4-5,11-12H2,(H,23,24). The first-order chi connectivity index (χ1) is 13.5. The van der Waals surface area contributed by atoms with Crippen molar-refractivity contribution in [1.29, 1.82) is 0 Å². The van der Waals surface area contributed by atoms with Gasteiger partial charge < -0.3 is 5.32 Å². The summed E-state index contributed by atoms with van der Waals surface area (Å²) in [7, 11) is -3.78. The lowest BCUT2D eigenvalue weighted by atomic mass is 9.99. The van der Waals surface area contributed by atoms with Crippen LogP contribution in [-0.2, 0) is 22.7 Å². The fourth-order valence-electron chi connectivity index (χ4n) is 3.43. The van der Waals surface area contributed by atoms with Crippen molar-refractivity contribution in [1.82, 2.24) is 0 Å². The monoisotopic (exact) mass is 415 g/mol. The molecule has 1 aromatic heterocycles. The first-order valence-electron chi connectivity index (χ1n) is 8.98. The van der Waals surface area contributed by atoms with Crippen molar-refractivity contribution in [2.75, 3.05) is 5.32 Å². The Balaban J connectivity index is 1.80. The molecule has 2 aromatic carbocycles. The van der Waals surface area contributed by atoms with Gasteiger partial charge in [-0.1, -0.05) is 24.3 Å². The summed E-state index contributed by atoms with van der Waals surface area (Å²) in [4.78, 5) is 14.0. The number of aryl methyl sites for hydroxylation is 1. The molecule has 7 heteroatoms. The summed E-state index contributed by atoms with van der Waals surface area (Å²) in [6.07, 6.45) is 3.38. The molecule has 0 spiro atoms.